The van der Waals surface area contributed by atoms with Gasteiger partial charge in [-0.15, -0.1) is 0 Å². The first kappa shape index (κ1) is 4.60. The summed E-state index contributed by atoms with van der Waals surface area (Å²) < 4.78 is 0. The minimum atomic E-state index is 0.679. The van der Waals surface area contributed by atoms with E-state index < -0.39 is 0 Å². The summed E-state index contributed by atoms with van der Waals surface area (Å²) in [6, 6.07) is 0. The van der Waals surface area contributed by atoms with Crippen molar-refractivity contribution in [2.24, 2.45) is 5.41 Å². The Labute approximate surface area is 50.6 Å². The highest BCUT2D eigenvalue weighted by Gasteiger charge is 2.34. The first-order valence-corrected chi connectivity index (χ1v) is 3.62. The standard InChI is InChI=1S/C8H12/c1-2-4-8(5-3-1)6-7-8/h6-7H,1-5H2. The van der Waals surface area contributed by atoms with Gasteiger partial charge in [0.25, 0.3) is 0 Å². The van der Waals surface area contributed by atoms with E-state index in [1.165, 1.54) is 32.1 Å². The first-order chi connectivity index (χ1) is 3.91. The molecule has 0 heterocycles. The molecule has 1 spiro atoms. The maximum atomic E-state index is 2.38. The van der Waals surface area contributed by atoms with Gasteiger partial charge in [-0.25, -0.2) is 0 Å². The molecule has 0 unspecified atom stereocenters. The SMILES string of the molecule is C1=CC12CCCCC2. The molecule has 8 heavy (non-hydrogen) atoms. The summed E-state index contributed by atoms with van der Waals surface area (Å²) in [6.07, 6.45) is 12.1. The zero-order chi connectivity index (χ0) is 5.45. The fourth-order valence-electron chi connectivity index (χ4n) is 1.66. The van der Waals surface area contributed by atoms with Gasteiger partial charge in [0.05, 0.1) is 0 Å². The summed E-state index contributed by atoms with van der Waals surface area (Å²) in [7, 11) is 0. The van der Waals surface area contributed by atoms with E-state index in [-0.39, 0.29) is 0 Å². The van der Waals surface area contributed by atoms with Crippen LogP contribution in [0.3, 0.4) is 0 Å². The third-order valence-electron chi connectivity index (χ3n) is 2.42. The average Bonchev–Trinajstić information content (AvgIpc) is 2.52. The van der Waals surface area contributed by atoms with Crippen LogP contribution >= 0.6 is 0 Å². The second-order valence-electron chi connectivity index (χ2n) is 3.13. The van der Waals surface area contributed by atoms with Crippen molar-refractivity contribution < 1.29 is 0 Å². The Morgan fingerprint density at radius 2 is 1.50 bits per heavy atom. The summed E-state index contributed by atoms with van der Waals surface area (Å²) in [5, 5.41) is 0. The Bertz CT molecular complexity index is 108. The number of allylic oxidation sites excluding steroid dienone is 2. The Morgan fingerprint density at radius 1 is 0.875 bits per heavy atom. The van der Waals surface area contributed by atoms with Crippen LogP contribution < -0.4 is 0 Å². The van der Waals surface area contributed by atoms with E-state index in [1.807, 2.05) is 0 Å². The van der Waals surface area contributed by atoms with Crippen LogP contribution in [0.15, 0.2) is 12.2 Å². The Hall–Kier alpha value is -0.260. The average molecular weight is 108 g/mol. The highest BCUT2D eigenvalue weighted by atomic mass is 14.4. The summed E-state index contributed by atoms with van der Waals surface area (Å²) in [5.41, 5.74) is 0.679. The van der Waals surface area contributed by atoms with Gasteiger partial charge in [-0.3, -0.25) is 0 Å². The summed E-state index contributed by atoms with van der Waals surface area (Å²) in [4.78, 5) is 0. The fourth-order valence-corrected chi connectivity index (χ4v) is 1.66. The number of hydrogen-bond acceptors (Lipinski definition) is 0. The molecule has 0 heteroatoms. The van der Waals surface area contributed by atoms with Crippen molar-refractivity contribution in [2.75, 3.05) is 0 Å². The fraction of sp³-hybridized carbons (Fsp3) is 0.750. The Balaban J connectivity index is 1.96. The van der Waals surface area contributed by atoms with Gasteiger partial charge in [0.15, 0.2) is 0 Å². The summed E-state index contributed by atoms with van der Waals surface area (Å²) in [5.74, 6) is 0. The van der Waals surface area contributed by atoms with Crippen molar-refractivity contribution in [2.45, 2.75) is 32.1 Å². The molecule has 0 N–H and O–H groups in total. The lowest BCUT2D eigenvalue weighted by atomic mass is 9.85. The van der Waals surface area contributed by atoms with E-state index >= 15 is 0 Å². The normalized spacial score (nSPS) is 31.0. The molecule has 2 rings (SSSR count). The molecule has 0 bridgehead atoms. The predicted molar refractivity (Wildman–Crippen MR) is 34.7 cm³/mol. The van der Waals surface area contributed by atoms with Crippen LogP contribution in [0.1, 0.15) is 32.1 Å². The van der Waals surface area contributed by atoms with Crippen LogP contribution in [0, 0.1) is 5.41 Å². The largest absolute Gasteiger partial charge is 0.0777 e. The van der Waals surface area contributed by atoms with Crippen LogP contribution in [0.5, 0.6) is 0 Å². The Kier molecular flexibility index (Phi) is 0.787. The topological polar surface area (TPSA) is 0 Å². The highest BCUT2D eigenvalue weighted by molar-refractivity contribution is 5.26. The van der Waals surface area contributed by atoms with Gasteiger partial charge in [0.1, 0.15) is 0 Å². The summed E-state index contributed by atoms with van der Waals surface area (Å²) in [6.45, 7) is 0. The molecule has 1 fully saturated rings. The lowest BCUT2D eigenvalue weighted by molar-refractivity contribution is 0.371. The monoisotopic (exact) mass is 108 g/mol. The summed E-state index contributed by atoms with van der Waals surface area (Å²) >= 11 is 0. The van der Waals surface area contributed by atoms with Gasteiger partial charge in [-0.1, -0.05) is 31.4 Å². The Morgan fingerprint density at radius 3 is 1.88 bits per heavy atom. The molecule has 0 aliphatic heterocycles. The first-order valence-electron chi connectivity index (χ1n) is 3.62. The minimum absolute atomic E-state index is 0.679. The lowest BCUT2D eigenvalue weighted by Crippen LogP contribution is -2.07. The van der Waals surface area contributed by atoms with Crippen LogP contribution in [0.2, 0.25) is 0 Å². The molecule has 2 aliphatic rings. The van der Waals surface area contributed by atoms with Crippen LogP contribution in [-0.2, 0) is 0 Å². The molecule has 0 aromatic rings. The van der Waals surface area contributed by atoms with Crippen molar-refractivity contribution in [1.29, 1.82) is 0 Å². The smallest absolute Gasteiger partial charge is 0.00615 e. The molecule has 44 valence electrons. The van der Waals surface area contributed by atoms with Crippen LogP contribution in [0.25, 0.3) is 0 Å². The highest BCUT2D eigenvalue weighted by Crippen LogP contribution is 2.47. The zero-order valence-electron chi connectivity index (χ0n) is 5.19. The second kappa shape index (κ2) is 1.37. The van der Waals surface area contributed by atoms with Gasteiger partial charge in [0.2, 0.25) is 0 Å². The predicted octanol–water partition coefficient (Wildman–Crippen LogP) is 2.51. The van der Waals surface area contributed by atoms with E-state index in [1.54, 1.807) is 0 Å². The molecule has 0 amide bonds. The number of hydrogen-bond donors (Lipinski definition) is 0. The van der Waals surface area contributed by atoms with E-state index in [9.17, 15) is 0 Å². The van der Waals surface area contributed by atoms with Gasteiger partial charge >= 0.3 is 0 Å². The van der Waals surface area contributed by atoms with Crippen molar-refractivity contribution in [1.82, 2.24) is 0 Å². The third kappa shape index (κ3) is 0.594. The van der Waals surface area contributed by atoms with Crippen molar-refractivity contribution in [3.05, 3.63) is 12.2 Å². The van der Waals surface area contributed by atoms with E-state index in [0.29, 0.717) is 5.41 Å². The maximum absolute atomic E-state index is 2.38. The van der Waals surface area contributed by atoms with Gasteiger partial charge in [0, 0.05) is 5.41 Å². The molecule has 2 aliphatic carbocycles. The molecule has 0 aromatic carbocycles. The zero-order valence-corrected chi connectivity index (χ0v) is 5.19. The molecule has 0 saturated heterocycles. The van der Waals surface area contributed by atoms with Crippen molar-refractivity contribution in [3.8, 4) is 0 Å². The number of rotatable bonds is 0. The molecule has 1 saturated carbocycles. The third-order valence-corrected chi connectivity index (χ3v) is 2.42. The van der Waals surface area contributed by atoms with Crippen LogP contribution in [0.4, 0.5) is 0 Å². The second-order valence-corrected chi connectivity index (χ2v) is 3.13. The van der Waals surface area contributed by atoms with Gasteiger partial charge < -0.3 is 0 Å². The van der Waals surface area contributed by atoms with Crippen molar-refractivity contribution in [3.63, 3.8) is 0 Å². The molecule has 0 aromatic heterocycles. The van der Waals surface area contributed by atoms with Gasteiger partial charge in [-0.2, -0.15) is 0 Å². The molecule has 0 nitrogen and oxygen atoms in total. The molecule has 0 atom stereocenters. The van der Waals surface area contributed by atoms with Crippen LogP contribution in [-0.4, -0.2) is 0 Å². The minimum Gasteiger partial charge on any atom is -0.0777 e. The quantitative estimate of drug-likeness (QED) is 0.418. The molecular weight excluding hydrogens is 96.1 g/mol. The van der Waals surface area contributed by atoms with Crippen molar-refractivity contribution >= 4 is 0 Å². The van der Waals surface area contributed by atoms with E-state index in [4.69, 9.17) is 0 Å². The molecular formula is C8H12. The molecule has 0 radical (unpaired) electrons. The van der Waals surface area contributed by atoms with E-state index in [0.717, 1.165) is 0 Å². The van der Waals surface area contributed by atoms with E-state index in [2.05, 4.69) is 12.2 Å². The van der Waals surface area contributed by atoms with Gasteiger partial charge in [-0.05, 0) is 12.8 Å². The maximum Gasteiger partial charge on any atom is 0.00615 e. The lowest BCUT2D eigenvalue weighted by Gasteiger charge is -2.20.